The Balaban J connectivity index is 1.45. The quantitative estimate of drug-likeness (QED) is 0.367. The van der Waals surface area contributed by atoms with Gasteiger partial charge in [-0.05, 0) is 36.5 Å². The van der Waals surface area contributed by atoms with Gasteiger partial charge in [0.05, 0.1) is 19.2 Å². The van der Waals surface area contributed by atoms with Crippen molar-refractivity contribution >= 4 is 17.9 Å². The van der Waals surface area contributed by atoms with Crippen LogP contribution in [0, 0.1) is 6.92 Å². The van der Waals surface area contributed by atoms with Gasteiger partial charge in [0, 0.05) is 13.3 Å². The minimum atomic E-state index is -1.14. The first-order chi connectivity index (χ1) is 18.7. The summed E-state index contributed by atoms with van der Waals surface area (Å²) in [6.07, 6.45) is -0.727. The van der Waals surface area contributed by atoms with Crippen LogP contribution in [0.5, 0.6) is 5.95 Å². The van der Waals surface area contributed by atoms with E-state index >= 15 is 0 Å². The highest BCUT2D eigenvalue weighted by Gasteiger charge is 2.36. The van der Waals surface area contributed by atoms with Crippen LogP contribution in [0.1, 0.15) is 41.8 Å². The molecule has 11 heteroatoms. The van der Waals surface area contributed by atoms with E-state index in [0.29, 0.717) is 12.8 Å². The Morgan fingerprint density at radius 1 is 1.08 bits per heavy atom. The molecule has 1 unspecified atom stereocenters. The maximum atomic E-state index is 13.6. The number of benzene rings is 2. The van der Waals surface area contributed by atoms with Gasteiger partial charge < -0.3 is 23.0 Å². The van der Waals surface area contributed by atoms with E-state index in [9.17, 15) is 19.2 Å². The molecular formula is C28H30N2O9. The molecule has 2 heterocycles. The van der Waals surface area contributed by atoms with Crippen molar-refractivity contribution in [3.63, 3.8) is 0 Å². The van der Waals surface area contributed by atoms with Gasteiger partial charge in [0.2, 0.25) is 0 Å². The number of ketones is 1. The first-order valence-corrected chi connectivity index (χ1v) is 12.5. The molecule has 2 N–H and O–H groups in total. The summed E-state index contributed by atoms with van der Waals surface area (Å²) in [7, 11) is 1.31. The average molecular weight is 539 g/mol. The standard InChI is InChI=1S/C28H30N2O9/c1-16(29-21(25(32)35-3)14-13-18-9-5-4-6-10-18)24(31)23-20-12-8-7-11-19(20)15-22(30-23)37-28(34)39-26-17(2)36-27(33)38-26/h4-12,16,21-23,29-30H,13-15H2,1-3H3/t16-,21-,22-,23?/m0/s1. The summed E-state index contributed by atoms with van der Waals surface area (Å²) in [5.41, 5.74) is 2.60. The summed E-state index contributed by atoms with van der Waals surface area (Å²) in [5, 5.41) is 6.17. The molecule has 0 bridgehead atoms. The number of methoxy groups -OCH3 is 1. The van der Waals surface area contributed by atoms with Gasteiger partial charge in [-0.3, -0.25) is 20.2 Å². The van der Waals surface area contributed by atoms with E-state index < -0.39 is 48.2 Å². The van der Waals surface area contributed by atoms with E-state index in [1.807, 2.05) is 54.6 Å². The van der Waals surface area contributed by atoms with Gasteiger partial charge in [0.15, 0.2) is 17.8 Å². The minimum absolute atomic E-state index is 0.0146. The van der Waals surface area contributed by atoms with Gasteiger partial charge in [-0.1, -0.05) is 54.6 Å². The Morgan fingerprint density at radius 2 is 1.79 bits per heavy atom. The Labute approximate surface area is 224 Å². The van der Waals surface area contributed by atoms with Crippen LogP contribution in [0.2, 0.25) is 0 Å². The summed E-state index contributed by atoms with van der Waals surface area (Å²) >= 11 is 0. The normalized spacial score (nSPS) is 17.9. The van der Waals surface area contributed by atoms with Crippen molar-refractivity contribution in [3.8, 4) is 5.95 Å². The highest BCUT2D eigenvalue weighted by atomic mass is 16.8. The lowest BCUT2D eigenvalue weighted by molar-refractivity contribution is -0.143. The first kappa shape index (κ1) is 27.8. The number of aryl methyl sites for hydroxylation is 2. The number of hydrogen-bond acceptors (Lipinski definition) is 11. The molecule has 1 aliphatic rings. The summed E-state index contributed by atoms with van der Waals surface area (Å²) < 4.78 is 24.6. The van der Waals surface area contributed by atoms with Crippen LogP contribution >= 0.6 is 0 Å². The fourth-order valence-electron chi connectivity index (χ4n) is 4.49. The van der Waals surface area contributed by atoms with Gasteiger partial charge in [-0.15, -0.1) is 0 Å². The zero-order valence-corrected chi connectivity index (χ0v) is 21.8. The number of ether oxygens (including phenoxy) is 3. The van der Waals surface area contributed by atoms with Crippen LogP contribution in [0.25, 0.3) is 0 Å². The zero-order valence-electron chi connectivity index (χ0n) is 21.8. The van der Waals surface area contributed by atoms with E-state index in [2.05, 4.69) is 19.5 Å². The zero-order chi connectivity index (χ0) is 27.9. The van der Waals surface area contributed by atoms with Crippen molar-refractivity contribution in [2.24, 2.45) is 0 Å². The second kappa shape index (κ2) is 12.5. The molecule has 0 saturated heterocycles. The summed E-state index contributed by atoms with van der Waals surface area (Å²) in [4.78, 5) is 49.7. The van der Waals surface area contributed by atoms with Gasteiger partial charge in [-0.2, -0.15) is 0 Å². The average Bonchev–Trinajstić information content (AvgIpc) is 3.25. The Morgan fingerprint density at radius 3 is 2.49 bits per heavy atom. The number of rotatable bonds is 10. The van der Waals surface area contributed by atoms with Crippen LogP contribution in [0.3, 0.4) is 0 Å². The summed E-state index contributed by atoms with van der Waals surface area (Å²) in [5.74, 6) is -2.15. The fraction of sp³-hybridized carbons (Fsp3) is 0.357. The Kier molecular flexibility index (Phi) is 8.95. The molecule has 39 heavy (non-hydrogen) atoms. The Bertz CT molecular complexity index is 1360. The molecule has 11 nitrogen and oxygen atoms in total. The van der Waals surface area contributed by atoms with E-state index in [1.54, 1.807) is 6.92 Å². The minimum Gasteiger partial charge on any atom is -0.468 e. The van der Waals surface area contributed by atoms with Gasteiger partial charge in [0.1, 0.15) is 6.04 Å². The second-order valence-electron chi connectivity index (χ2n) is 9.15. The molecule has 2 aromatic carbocycles. The van der Waals surface area contributed by atoms with Gasteiger partial charge in [-0.25, -0.2) is 9.59 Å². The van der Waals surface area contributed by atoms with Gasteiger partial charge in [0.25, 0.3) is 0 Å². The number of carbonyl (C=O) groups is 3. The van der Waals surface area contributed by atoms with Crippen molar-refractivity contribution in [1.82, 2.24) is 10.6 Å². The van der Waals surface area contributed by atoms with Crippen LogP contribution in [-0.2, 0) is 31.9 Å². The largest absolute Gasteiger partial charge is 0.521 e. The van der Waals surface area contributed by atoms with Crippen molar-refractivity contribution in [2.75, 3.05) is 7.11 Å². The number of Topliss-reactive ketones (excluding diaryl/α,β-unsaturated/α-hetero) is 1. The third kappa shape index (κ3) is 7.01. The van der Waals surface area contributed by atoms with Crippen molar-refractivity contribution in [2.45, 2.75) is 57.5 Å². The highest BCUT2D eigenvalue weighted by Crippen LogP contribution is 2.28. The molecule has 0 aliphatic carbocycles. The van der Waals surface area contributed by atoms with Crippen LogP contribution < -0.4 is 21.2 Å². The smallest absolute Gasteiger partial charge is 0.468 e. The molecule has 0 saturated carbocycles. The monoisotopic (exact) mass is 538 g/mol. The molecule has 0 spiro atoms. The van der Waals surface area contributed by atoms with Gasteiger partial charge >= 0.3 is 23.9 Å². The molecule has 1 aromatic heterocycles. The lowest BCUT2D eigenvalue weighted by atomic mass is 9.89. The van der Waals surface area contributed by atoms with Crippen LogP contribution in [0.15, 0.2) is 68.2 Å². The number of carbonyl (C=O) groups excluding carboxylic acids is 3. The number of fused-ring (bicyclic) bond motifs is 1. The maximum Gasteiger partial charge on any atom is 0.521 e. The molecule has 206 valence electrons. The number of esters is 1. The molecule has 4 rings (SSSR count). The molecular weight excluding hydrogens is 508 g/mol. The maximum absolute atomic E-state index is 13.6. The van der Waals surface area contributed by atoms with Crippen molar-refractivity contribution in [1.29, 1.82) is 0 Å². The van der Waals surface area contributed by atoms with Crippen LogP contribution in [0.4, 0.5) is 4.79 Å². The summed E-state index contributed by atoms with van der Waals surface area (Å²) in [6, 6.07) is 14.7. The molecule has 0 amide bonds. The topological polar surface area (TPSA) is 146 Å². The lowest BCUT2D eigenvalue weighted by Gasteiger charge is -2.33. The number of nitrogens with one attached hydrogen (secondary N) is 2. The SMILES string of the molecule is COC(=O)[C@H](CCc1ccccc1)N[C@@H](C)C(=O)C1N[C@@H](OC(=O)Oc2oc(=O)oc2C)Cc2ccccc21. The molecule has 3 aromatic rings. The van der Waals surface area contributed by atoms with E-state index in [-0.39, 0.29) is 18.0 Å². The number of hydrogen-bond donors (Lipinski definition) is 2. The molecule has 4 atom stereocenters. The second-order valence-corrected chi connectivity index (χ2v) is 9.15. The predicted octanol–water partition coefficient (Wildman–Crippen LogP) is 2.99. The highest BCUT2D eigenvalue weighted by molar-refractivity contribution is 5.91. The lowest BCUT2D eigenvalue weighted by Crippen LogP contribution is -2.52. The molecule has 1 aliphatic heterocycles. The molecule has 0 radical (unpaired) electrons. The van der Waals surface area contributed by atoms with Crippen LogP contribution in [-0.4, -0.2) is 43.3 Å². The summed E-state index contributed by atoms with van der Waals surface area (Å²) in [6.45, 7) is 3.07. The Hall–Kier alpha value is -4.22. The van der Waals surface area contributed by atoms with E-state index in [4.69, 9.17) is 14.2 Å². The molecule has 0 fully saturated rings. The fourth-order valence-corrected chi connectivity index (χ4v) is 4.49. The van der Waals surface area contributed by atoms with Crippen molar-refractivity contribution < 1.29 is 37.4 Å². The van der Waals surface area contributed by atoms with E-state index in [0.717, 1.165) is 16.7 Å². The third-order valence-electron chi connectivity index (χ3n) is 6.45. The first-order valence-electron chi connectivity index (χ1n) is 12.5. The predicted molar refractivity (Wildman–Crippen MR) is 137 cm³/mol. The van der Waals surface area contributed by atoms with Crippen molar-refractivity contribution in [3.05, 3.63) is 87.7 Å². The third-order valence-corrected chi connectivity index (χ3v) is 6.45. The van der Waals surface area contributed by atoms with E-state index in [1.165, 1.54) is 14.0 Å².